The van der Waals surface area contributed by atoms with Crippen molar-refractivity contribution in [2.75, 3.05) is 6.61 Å². The fourth-order valence-electron chi connectivity index (χ4n) is 4.15. The molecule has 7 heteroatoms. The molecule has 1 aromatic heterocycles. The Hall–Kier alpha value is -3.55. The summed E-state index contributed by atoms with van der Waals surface area (Å²) in [6.07, 6.45) is 0. The molecule has 5 rings (SSSR count). The minimum atomic E-state index is -3.97. The van der Waals surface area contributed by atoms with E-state index in [0.717, 1.165) is 5.56 Å². The highest BCUT2D eigenvalue weighted by Crippen LogP contribution is 2.39. The summed E-state index contributed by atoms with van der Waals surface area (Å²) in [5, 5.41) is 1.01. The fraction of sp³-hybridized carbons (Fsp3) is 0.120. The van der Waals surface area contributed by atoms with Crippen LogP contribution in [0.25, 0.3) is 22.0 Å². The third kappa shape index (κ3) is 3.18. The van der Waals surface area contributed by atoms with E-state index in [9.17, 15) is 18.0 Å². The molecule has 0 aliphatic heterocycles. The second kappa shape index (κ2) is 7.55. The zero-order valence-electron chi connectivity index (χ0n) is 17.2. The summed E-state index contributed by atoms with van der Waals surface area (Å²) < 4.78 is 31.8. The summed E-state index contributed by atoms with van der Waals surface area (Å²) in [6, 6.07) is 20.5. The Morgan fingerprint density at radius 1 is 0.812 bits per heavy atom. The van der Waals surface area contributed by atoms with E-state index < -0.39 is 10.1 Å². The van der Waals surface area contributed by atoms with Gasteiger partial charge in [0.2, 0.25) is 0 Å². The van der Waals surface area contributed by atoms with Crippen molar-refractivity contribution in [3.63, 3.8) is 0 Å². The summed E-state index contributed by atoms with van der Waals surface area (Å²) in [4.78, 5) is 26.5. The van der Waals surface area contributed by atoms with E-state index >= 15 is 0 Å². The van der Waals surface area contributed by atoms with Gasteiger partial charge in [0.05, 0.1) is 29.3 Å². The van der Waals surface area contributed by atoms with E-state index in [1.807, 2.05) is 13.0 Å². The molecule has 1 aliphatic carbocycles. The minimum absolute atomic E-state index is 0.0152. The first-order chi connectivity index (χ1) is 15.4. The summed E-state index contributed by atoms with van der Waals surface area (Å²) in [7, 11) is -3.97. The molecule has 0 N–H and O–H groups in total. The smallest absolute Gasteiger partial charge is 0.297 e. The van der Waals surface area contributed by atoms with Crippen LogP contribution in [0.4, 0.5) is 0 Å². The monoisotopic (exact) mass is 445 g/mol. The largest absolute Gasteiger partial charge is 0.305 e. The minimum Gasteiger partial charge on any atom is -0.305 e. The predicted octanol–water partition coefficient (Wildman–Crippen LogP) is 3.93. The lowest BCUT2D eigenvalue weighted by molar-refractivity contribution is 0.104. The molecule has 1 aliphatic rings. The molecule has 0 radical (unpaired) electrons. The maximum absolute atomic E-state index is 13.3. The van der Waals surface area contributed by atoms with Crippen LogP contribution in [0.3, 0.4) is 0 Å². The van der Waals surface area contributed by atoms with Crippen LogP contribution in [-0.2, 0) is 20.8 Å². The number of rotatable bonds is 5. The molecular formula is C25H19NO5S. The van der Waals surface area contributed by atoms with Crippen LogP contribution in [0, 0.1) is 6.92 Å². The van der Waals surface area contributed by atoms with Crippen LogP contribution in [0.15, 0.2) is 82.5 Å². The average Bonchev–Trinajstić information content (AvgIpc) is 3.09. The maximum atomic E-state index is 13.3. The van der Waals surface area contributed by atoms with Crippen LogP contribution in [0.5, 0.6) is 0 Å². The Kier molecular flexibility index (Phi) is 4.80. The van der Waals surface area contributed by atoms with Crippen molar-refractivity contribution >= 4 is 26.7 Å². The first-order valence-electron chi connectivity index (χ1n) is 10.1. The second-order valence-electron chi connectivity index (χ2n) is 7.69. The molecule has 0 unspecified atom stereocenters. The van der Waals surface area contributed by atoms with Gasteiger partial charge in [0.15, 0.2) is 5.78 Å². The van der Waals surface area contributed by atoms with Gasteiger partial charge >= 0.3 is 0 Å². The Morgan fingerprint density at radius 3 is 2.16 bits per heavy atom. The summed E-state index contributed by atoms with van der Waals surface area (Å²) in [5.74, 6) is -0.145. The van der Waals surface area contributed by atoms with E-state index in [1.165, 1.54) is 16.7 Å². The molecule has 0 fully saturated rings. The molecular weight excluding hydrogens is 426 g/mol. The predicted molar refractivity (Wildman–Crippen MR) is 121 cm³/mol. The van der Waals surface area contributed by atoms with E-state index in [-0.39, 0.29) is 29.4 Å². The van der Waals surface area contributed by atoms with E-state index in [2.05, 4.69) is 0 Å². The van der Waals surface area contributed by atoms with Crippen molar-refractivity contribution in [2.45, 2.75) is 18.4 Å². The highest BCUT2D eigenvalue weighted by Gasteiger charge is 2.32. The first kappa shape index (κ1) is 20.4. The molecule has 4 aromatic rings. The topological polar surface area (TPSA) is 82.4 Å². The number of nitrogens with zero attached hydrogens (tertiary/aromatic N) is 1. The molecule has 0 spiro atoms. The molecule has 0 amide bonds. The van der Waals surface area contributed by atoms with E-state index in [1.54, 1.807) is 54.6 Å². The highest BCUT2D eigenvalue weighted by atomic mass is 32.2. The molecule has 0 bridgehead atoms. The van der Waals surface area contributed by atoms with Gasteiger partial charge in [-0.2, -0.15) is 8.42 Å². The second-order valence-corrected chi connectivity index (χ2v) is 9.31. The Bertz CT molecular complexity index is 1550. The quantitative estimate of drug-likeness (QED) is 0.383. The van der Waals surface area contributed by atoms with Gasteiger partial charge in [0.25, 0.3) is 15.7 Å². The lowest BCUT2D eigenvalue weighted by Gasteiger charge is -2.15. The third-order valence-electron chi connectivity index (χ3n) is 5.70. The zero-order chi connectivity index (χ0) is 22.5. The van der Waals surface area contributed by atoms with Crippen molar-refractivity contribution in [3.05, 3.63) is 99.8 Å². The van der Waals surface area contributed by atoms with Crippen LogP contribution >= 0.6 is 0 Å². The molecule has 3 aromatic carbocycles. The number of hydrogen-bond donors (Lipinski definition) is 0. The van der Waals surface area contributed by atoms with Crippen molar-refractivity contribution in [3.8, 4) is 11.3 Å². The molecule has 0 atom stereocenters. The number of pyridine rings is 1. The van der Waals surface area contributed by atoms with E-state index in [4.69, 9.17) is 4.18 Å². The van der Waals surface area contributed by atoms with Gasteiger partial charge in [-0.25, -0.2) is 0 Å². The molecule has 0 saturated heterocycles. The summed E-state index contributed by atoms with van der Waals surface area (Å²) >= 11 is 0. The number of fused-ring (bicyclic) bond motifs is 5. The number of aromatic nitrogens is 1. The number of hydrogen-bond acceptors (Lipinski definition) is 5. The van der Waals surface area contributed by atoms with Gasteiger partial charge in [-0.05, 0) is 25.1 Å². The number of aryl methyl sites for hydroxylation is 1. The van der Waals surface area contributed by atoms with Crippen LogP contribution in [0.1, 0.15) is 21.5 Å². The van der Waals surface area contributed by atoms with Crippen molar-refractivity contribution in [2.24, 2.45) is 0 Å². The maximum Gasteiger partial charge on any atom is 0.297 e. The van der Waals surface area contributed by atoms with Crippen LogP contribution in [-0.4, -0.2) is 25.4 Å². The van der Waals surface area contributed by atoms with Gasteiger partial charge in [-0.15, -0.1) is 0 Å². The molecule has 32 heavy (non-hydrogen) atoms. The highest BCUT2D eigenvalue weighted by molar-refractivity contribution is 7.86. The van der Waals surface area contributed by atoms with Crippen molar-refractivity contribution in [1.82, 2.24) is 4.57 Å². The standard InChI is InChI=1S/C25H19NO5S/c1-16-10-12-17(13-11-16)32(29,30)31-15-14-26-23-19-7-3-4-8-20(19)24(27)22(23)18-6-2-5-9-21(18)25(26)28/h2-13H,14-15H2,1H3. The summed E-state index contributed by atoms with van der Waals surface area (Å²) in [5.41, 5.74) is 2.80. The zero-order valence-corrected chi connectivity index (χ0v) is 18.1. The van der Waals surface area contributed by atoms with Crippen molar-refractivity contribution < 1.29 is 17.4 Å². The number of benzene rings is 3. The summed E-state index contributed by atoms with van der Waals surface area (Å²) in [6.45, 7) is 1.61. The SMILES string of the molecule is Cc1ccc(S(=O)(=O)OCCn2c3c(c4ccccc4c2=O)C(=O)c2ccccc2-3)cc1. The molecule has 1 heterocycles. The van der Waals surface area contributed by atoms with Gasteiger partial charge in [-0.1, -0.05) is 60.2 Å². The van der Waals surface area contributed by atoms with Gasteiger partial charge < -0.3 is 4.57 Å². The Labute approximate surface area is 184 Å². The molecule has 0 saturated carbocycles. The fourth-order valence-corrected chi connectivity index (χ4v) is 5.05. The number of carbonyl (C=O) groups excluding carboxylic acids is 1. The first-order valence-corrected chi connectivity index (χ1v) is 11.5. The Balaban J connectivity index is 1.57. The van der Waals surface area contributed by atoms with Gasteiger partial charge in [0, 0.05) is 21.9 Å². The third-order valence-corrected chi connectivity index (χ3v) is 7.02. The van der Waals surface area contributed by atoms with Gasteiger partial charge in [0.1, 0.15) is 0 Å². The normalized spacial score (nSPS) is 12.7. The molecule has 160 valence electrons. The number of ketones is 1. The Morgan fingerprint density at radius 2 is 1.44 bits per heavy atom. The lowest BCUT2D eigenvalue weighted by Crippen LogP contribution is -2.26. The van der Waals surface area contributed by atoms with Crippen LogP contribution < -0.4 is 5.56 Å². The van der Waals surface area contributed by atoms with Crippen LogP contribution in [0.2, 0.25) is 0 Å². The van der Waals surface area contributed by atoms with E-state index in [0.29, 0.717) is 33.2 Å². The lowest BCUT2D eigenvalue weighted by atomic mass is 10.0. The molecule has 6 nitrogen and oxygen atoms in total. The van der Waals surface area contributed by atoms with Gasteiger partial charge in [-0.3, -0.25) is 13.8 Å². The van der Waals surface area contributed by atoms with Crippen molar-refractivity contribution in [1.29, 1.82) is 0 Å². The number of carbonyl (C=O) groups is 1. The average molecular weight is 445 g/mol.